The average Bonchev–Trinajstić information content (AvgIpc) is 2.86. The topological polar surface area (TPSA) is 14.2 Å². The van der Waals surface area contributed by atoms with Gasteiger partial charge < -0.3 is 9.30 Å². The minimum absolute atomic E-state index is 0.861. The Hall–Kier alpha value is -2.48. The summed E-state index contributed by atoms with van der Waals surface area (Å²) in [6.45, 7) is 2.96. The van der Waals surface area contributed by atoms with Gasteiger partial charge in [-0.05, 0) is 48.4 Å². The Labute approximate surface area is 119 Å². The lowest BCUT2D eigenvalue weighted by atomic mass is 10.2. The standard InChI is InChI=1S/C18H17NO/c1-15-10-11-19(13-15)14-16-6-5-9-18(12-16)20-17-7-3-2-4-8-17/h2-13H,14H2,1H3. The van der Waals surface area contributed by atoms with Crippen LogP contribution in [0.4, 0.5) is 0 Å². The van der Waals surface area contributed by atoms with Crippen molar-refractivity contribution >= 4 is 0 Å². The Balaban J connectivity index is 1.76. The fraction of sp³-hybridized carbons (Fsp3) is 0.111. The van der Waals surface area contributed by atoms with E-state index in [-0.39, 0.29) is 0 Å². The van der Waals surface area contributed by atoms with Gasteiger partial charge in [-0.25, -0.2) is 0 Å². The molecule has 0 saturated carbocycles. The molecule has 20 heavy (non-hydrogen) atoms. The van der Waals surface area contributed by atoms with Gasteiger partial charge in [-0.2, -0.15) is 0 Å². The van der Waals surface area contributed by atoms with Gasteiger partial charge in [-0.1, -0.05) is 30.3 Å². The van der Waals surface area contributed by atoms with Crippen LogP contribution in [0.1, 0.15) is 11.1 Å². The van der Waals surface area contributed by atoms with Crippen LogP contribution in [0.5, 0.6) is 11.5 Å². The lowest BCUT2D eigenvalue weighted by Gasteiger charge is -2.08. The van der Waals surface area contributed by atoms with E-state index in [0.717, 1.165) is 18.0 Å². The lowest BCUT2D eigenvalue weighted by molar-refractivity contribution is 0.481. The van der Waals surface area contributed by atoms with Gasteiger partial charge in [0.1, 0.15) is 11.5 Å². The van der Waals surface area contributed by atoms with Crippen LogP contribution in [-0.4, -0.2) is 4.57 Å². The molecule has 1 heterocycles. The third-order valence-electron chi connectivity index (χ3n) is 3.14. The number of aromatic nitrogens is 1. The molecule has 0 aliphatic heterocycles. The van der Waals surface area contributed by atoms with E-state index in [4.69, 9.17) is 4.74 Å². The number of hydrogen-bond acceptors (Lipinski definition) is 1. The summed E-state index contributed by atoms with van der Waals surface area (Å²) in [5, 5.41) is 0. The summed E-state index contributed by atoms with van der Waals surface area (Å²) < 4.78 is 8.03. The molecule has 0 spiro atoms. The first-order valence-corrected chi connectivity index (χ1v) is 6.74. The van der Waals surface area contributed by atoms with E-state index < -0.39 is 0 Å². The smallest absolute Gasteiger partial charge is 0.127 e. The zero-order valence-electron chi connectivity index (χ0n) is 11.5. The summed E-state index contributed by atoms with van der Waals surface area (Å²) in [6, 6.07) is 20.2. The Bertz CT molecular complexity index is 685. The summed E-state index contributed by atoms with van der Waals surface area (Å²) in [7, 11) is 0. The first kappa shape index (κ1) is 12.5. The first-order chi connectivity index (χ1) is 9.79. The van der Waals surface area contributed by atoms with E-state index in [1.54, 1.807) is 0 Å². The van der Waals surface area contributed by atoms with Gasteiger partial charge in [0.2, 0.25) is 0 Å². The van der Waals surface area contributed by atoms with E-state index >= 15 is 0 Å². The zero-order chi connectivity index (χ0) is 13.8. The van der Waals surface area contributed by atoms with Crippen molar-refractivity contribution in [2.24, 2.45) is 0 Å². The Kier molecular flexibility index (Phi) is 3.55. The molecule has 0 atom stereocenters. The van der Waals surface area contributed by atoms with Crippen molar-refractivity contribution in [3.05, 3.63) is 84.2 Å². The van der Waals surface area contributed by atoms with Crippen LogP contribution in [0.2, 0.25) is 0 Å². The fourth-order valence-electron chi connectivity index (χ4n) is 2.20. The summed E-state index contributed by atoms with van der Waals surface area (Å²) in [4.78, 5) is 0. The van der Waals surface area contributed by atoms with Crippen molar-refractivity contribution in [2.75, 3.05) is 0 Å². The van der Waals surface area contributed by atoms with Gasteiger partial charge in [-0.15, -0.1) is 0 Å². The van der Waals surface area contributed by atoms with Crippen LogP contribution in [0.3, 0.4) is 0 Å². The largest absolute Gasteiger partial charge is 0.457 e. The molecular weight excluding hydrogens is 246 g/mol. The molecule has 2 nitrogen and oxygen atoms in total. The van der Waals surface area contributed by atoms with Gasteiger partial charge in [0.25, 0.3) is 0 Å². The molecule has 3 aromatic rings. The lowest BCUT2D eigenvalue weighted by Crippen LogP contribution is -1.96. The number of para-hydroxylation sites is 1. The van der Waals surface area contributed by atoms with Crippen LogP contribution in [0.25, 0.3) is 0 Å². The van der Waals surface area contributed by atoms with Crippen molar-refractivity contribution in [2.45, 2.75) is 13.5 Å². The van der Waals surface area contributed by atoms with Crippen molar-refractivity contribution in [3.8, 4) is 11.5 Å². The second-order valence-electron chi connectivity index (χ2n) is 4.92. The molecule has 0 fully saturated rings. The molecule has 0 N–H and O–H groups in total. The predicted octanol–water partition coefficient (Wildman–Crippen LogP) is 4.64. The maximum Gasteiger partial charge on any atom is 0.127 e. The van der Waals surface area contributed by atoms with Crippen molar-refractivity contribution < 1.29 is 4.74 Å². The molecule has 0 amide bonds. The highest BCUT2D eigenvalue weighted by Gasteiger charge is 2.00. The molecule has 1 aromatic heterocycles. The van der Waals surface area contributed by atoms with E-state index in [2.05, 4.69) is 42.1 Å². The molecule has 0 aliphatic carbocycles. The van der Waals surface area contributed by atoms with Gasteiger partial charge in [0.05, 0.1) is 0 Å². The number of rotatable bonds is 4. The minimum Gasteiger partial charge on any atom is -0.457 e. The number of nitrogens with zero attached hydrogens (tertiary/aromatic N) is 1. The highest BCUT2D eigenvalue weighted by atomic mass is 16.5. The van der Waals surface area contributed by atoms with Crippen molar-refractivity contribution in [1.82, 2.24) is 4.57 Å². The predicted molar refractivity (Wildman–Crippen MR) is 81.2 cm³/mol. The van der Waals surface area contributed by atoms with Crippen molar-refractivity contribution in [3.63, 3.8) is 0 Å². The average molecular weight is 263 g/mol. The number of aryl methyl sites for hydroxylation is 1. The van der Waals surface area contributed by atoms with E-state index in [0.29, 0.717) is 0 Å². The molecule has 0 bridgehead atoms. The van der Waals surface area contributed by atoms with Crippen LogP contribution in [0, 0.1) is 6.92 Å². The molecule has 0 saturated heterocycles. The first-order valence-electron chi connectivity index (χ1n) is 6.74. The highest BCUT2D eigenvalue weighted by Crippen LogP contribution is 2.22. The maximum absolute atomic E-state index is 5.85. The Morgan fingerprint density at radius 3 is 2.45 bits per heavy atom. The maximum atomic E-state index is 5.85. The third kappa shape index (κ3) is 3.09. The van der Waals surface area contributed by atoms with Crippen molar-refractivity contribution in [1.29, 1.82) is 0 Å². The second kappa shape index (κ2) is 5.66. The molecule has 0 radical (unpaired) electrons. The summed E-state index contributed by atoms with van der Waals surface area (Å²) in [6.07, 6.45) is 4.24. The number of benzene rings is 2. The molecule has 0 aliphatic rings. The van der Waals surface area contributed by atoms with E-state index in [9.17, 15) is 0 Å². The highest BCUT2D eigenvalue weighted by molar-refractivity contribution is 5.34. The second-order valence-corrected chi connectivity index (χ2v) is 4.92. The van der Waals surface area contributed by atoms with Crippen LogP contribution in [0.15, 0.2) is 73.1 Å². The van der Waals surface area contributed by atoms with Gasteiger partial charge >= 0.3 is 0 Å². The van der Waals surface area contributed by atoms with Gasteiger partial charge in [0.15, 0.2) is 0 Å². The molecule has 0 unspecified atom stereocenters. The van der Waals surface area contributed by atoms with Crippen LogP contribution < -0.4 is 4.74 Å². The Morgan fingerprint density at radius 2 is 1.70 bits per heavy atom. The molecule has 2 heteroatoms. The monoisotopic (exact) mass is 263 g/mol. The summed E-state index contributed by atoms with van der Waals surface area (Å²) >= 11 is 0. The van der Waals surface area contributed by atoms with Gasteiger partial charge in [0, 0.05) is 18.9 Å². The molecule has 100 valence electrons. The number of hydrogen-bond donors (Lipinski definition) is 0. The van der Waals surface area contributed by atoms with Crippen LogP contribution in [-0.2, 0) is 6.54 Å². The number of ether oxygens (including phenoxy) is 1. The van der Waals surface area contributed by atoms with Gasteiger partial charge in [-0.3, -0.25) is 0 Å². The summed E-state index contributed by atoms with van der Waals surface area (Å²) in [5.41, 5.74) is 2.51. The van der Waals surface area contributed by atoms with E-state index in [1.165, 1.54) is 11.1 Å². The van der Waals surface area contributed by atoms with Crippen LogP contribution >= 0.6 is 0 Å². The SMILES string of the molecule is Cc1ccn(Cc2cccc(Oc3ccccc3)c2)c1. The quantitative estimate of drug-likeness (QED) is 0.669. The minimum atomic E-state index is 0.861. The summed E-state index contributed by atoms with van der Waals surface area (Å²) in [5.74, 6) is 1.74. The Morgan fingerprint density at radius 1 is 0.900 bits per heavy atom. The molecule has 2 aromatic carbocycles. The molecule has 3 rings (SSSR count). The molecular formula is C18H17NO. The third-order valence-corrected chi connectivity index (χ3v) is 3.14. The fourth-order valence-corrected chi connectivity index (χ4v) is 2.20. The normalized spacial score (nSPS) is 10.4. The van der Waals surface area contributed by atoms with E-state index in [1.807, 2.05) is 42.5 Å². The zero-order valence-corrected chi connectivity index (χ0v) is 11.5.